The summed E-state index contributed by atoms with van der Waals surface area (Å²) in [5, 5.41) is 12.1. The molecule has 192 valence electrons. The van der Waals surface area contributed by atoms with Gasteiger partial charge < -0.3 is 16.2 Å². The van der Waals surface area contributed by atoms with Gasteiger partial charge in [-0.05, 0) is 42.7 Å². The third-order valence-corrected chi connectivity index (χ3v) is 5.71. The minimum atomic E-state index is -4.59. The predicted molar refractivity (Wildman–Crippen MR) is 137 cm³/mol. The quantitative estimate of drug-likeness (QED) is 0.0886. The van der Waals surface area contributed by atoms with Gasteiger partial charge in [0, 0.05) is 17.7 Å². The molecule has 0 spiro atoms. The molecule has 2 aromatic rings. The second-order valence-corrected chi connectivity index (χ2v) is 8.62. The number of carbonyl (C=O) groups excluding carboxylic acids is 1. The average Bonchev–Trinajstić information content (AvgIpc) is 2.84. The van der Waals surface area contributed by atoms with Crippen LogP contribution in [0, 0.1) is 5.92 Å². The smallest absolute Gasteiger partial charge is 0.413 e. The molecular weight excluding hydrogens is 491 g/mol. The molecule has 4 N–H and O–H groups in total. The van der Waals surface area contributed by atoms with E-state index < -0.39 is 29.5 Å². The first-order chi connectivity index (χ1) is 16.9. The number of allylic oxidation sites excluding steroid dienone is 3. The molecule has 2 aromatic carbocycles. The monoisotopic (exact) mass is 519 g/mol. The van der Waals surface area contributed by atoms with Crippen LogP contribution in [0.4, 0.5) is 13.2 Å². The van der Waals surface area contributed by atoms with Gasteiger partial charge in [-0.15, -0.1) is 12.6 Å². The van der Waals surface area contributed by atoms with Crippen LogP contribution in [0.1, 0.15) is 37.0 Å². The predicted octanol–water partition coefficient (Wildman–Crippen LogP) is 4.97. The van der Waals surface area contributed by atoms with E-state index in [0.717, 1.165) is 18.6 Å². The van der Waals surface area contributed by atoms with E-state index in [9.17, 15) is 22.8 Å². The van der Waals surface area contributed by atoms with Crippen molar-refractivity contribution >= 4 is 35.9 Å². The van der Waals surface area contributed by atoms with Gasteiger partial charge in [-0.2, -0.15) is 18.2 Å². The Kier molecular flexibility index (Phi) is 10.5. The number of aliphatic carboxylic acids is 1. The standard InChI is InChI=1S/C26H28F3N3O3S/c1-16(25(34)35)12-13-31-15-18-8-10-20(11-9-18)23(30)32-24(33)22(36)14-21(17(2)26(27,28)29)19-6-4-3-5-7-19/h3-11,14,16,31,36H,12-13,15H2,1-2H3,(H,34,35)(H2,30,32,33)/b21-17-,22-14-. The largest absolute Gasteiger partial charge is 0.481 e. The topological polar surface area (TPSA) is 105 Å². The summed E-state index contributed by atoms with van der Waals surface area (Å²) in [7, 11) is 0. The van der Waals surface area contributed by atoms with Crippen LogP contribution in [0.15, 0.2) is 76.1 Å². The summed E-state index contributed by atoms with van der Waals surface area (Å²) in [5.74, 6) is -2.26. The number of rotatable bonds is 10. The van der Waals surface area contributed by atoms with Crippen LogP contribution in [0.3, 0.4) is 0 Å². The number of amidine groups is 1. The number of carbonyl (C=O) groups is 2. The van der Waals surface area contributed by atoms with Gasteiger partial charge in [0.15, 0.2) is 0 Å². The summed E-state index contributed by atoms with van der Waals surface area (Å²) in [6.07, 6.45) is -3.05. The van der Waals surface area contributed by atoms with E-state index in [1.807, 2.05) is 0 Å². The molecule has 0 bridgehead atoms. The molecule has 0 saturated heterocycles. The fraction of sp³-hybridized carbons (Fsp3) is 0.269. The number of thiol groups is 1. The maximum absolute atomic E-state index is 13.4. The third kappa shape index (κ3) is 8.69. The van der Waals surface area contributed by atoms with E-state index >= 15 is 0 Å². The number of carboxylic acids is 1. The summed E-state index contributed by atoms with van der Waals surface area (Å²) in [6.45, 7) is 3.63. The van der Waals surface area contributed by atoms with Crippen molar-refractivity contribution in [1.82, 2.24) is 5.32 Å². The van der Waals surface area contributed by atoms with Gasteiger partial charge in [-0.25, -0.2) is 0 Å². The van der Waals surface area contributed by atoms with Crippen LogP contribution >= 0.6 is 12.6 Å². The van der Waals surface area contributed by atoms with Crippen LogP contribution in [-0.4, -0.2) is 35.5 Å². The molecule has 6 nitrogen and oxygen atoms in total. The average molecular weight is 520 g/mol. The van der Waals surface area contributed by atoms with Crippen LogP contribution in [-0.2, 0) is 16.1 Å². The molecule has 0 aliphatic rings. The first kappa shape index (κ1) is 28.9. The number of hydrogen-bond donors (Lipinski definition) is 4. The molecule has 0 aliphatic heterocycles. The van der Waals surface area contributed by atoms with E-state index in [1.54, 1.807) is 49.4 Å². The van der Waals surface area contributed by atoms with E-state index in [-0.39, 0.29) is 21.9 Å². The van der Waals surface area contributed by atoms with E-state index in [2.05, 4.69) is 22.9 Å². The van der Waals surface area contributed by atoms with Crippen LogP contribution in [0.25, 0.3) is 5.57 Å². The molecule has 0 fully saturated rings. The Balaban J connectivity index is 2.14. The number of amides is 1. The van der Waals surface area contributed by atoms with Crippen LogP contribution < -0.4 is 11.1 Å². The first-order valence-electron chi connectivity index (χ1n) is 11.1. The number of nitrogens with zero attached hydrogens (tertiary/aromatic N) is 1. The molecule has 0 radical (unpaired) electrons. The molecule has 0 heterocycles. The maximum Gasteiger partial charge on any atom is 0.413 e. The minimum Gasteiger partial charge on any atom is -0.481 e. The number of carboxylic acid groups (broad SMARTS) is 1. The maximum atomic E-state index is 13.4. The summed E-state index contributed by atoms with van der Waals surface area (Å²) in [6, 6.07) is 14.7. The molecule has 0 aliphatic carbocycles. The number of aliphatic imine (C=N–C) groups is 1. The molecule has 1 amide bonds. The van der Waals surface area contributed by atoms with Crippen molar-refractivity contribution in [2.75, 3.05) is 6.54 Å². The van der Waals surface area contributed by atoms with E-state index in [0.29, 0.717) is 25.1 Å². The van der Waals surface area contributed by atoms with Crippen molar-refractivity contribution < 1.29 is 27.9 Å². The molecule has 0 saturated carbocycles. The number of alkyl halides is 3. The Bertz CT molecular complexity index is 1160. The summed E-state index contributed by atoms with van der Waals surface area (Å²) in [5.41, 5.74) is 6.54. The lowest BCUT2D eigenvalue weighted by Gasteiger charge is -2.13. The number of nitrogens with one attached hydrogen (secondary N) is 1. The fourth-order valence-electron chi connectivity index (χ4n) is 3.08. The Hall–Kier alpha value is -3.37. The zero-order valence-electron chi connectivity index (χ0n) is 19.8. The molecule has 0 aromatic heterocycles. The second-order valence-electron chi connectivity index (χ2n) is 8.14. The lowest BCUT2D eigenvalue weighted by Crippen LogP contribution is -2.20. The van der Waals surface area contributed by atoms with Gasteiger partial charge in [0.1, 0.15) is 5.84 Å². The zero-order valence-corrected chi connectivity index (χ0v) is 20.7. The fourth-order valence-corrected chi connectivity index (χ4v) is 3.26. The molecule has 2 rings (SSSR count). The number of hydrogen-bond acceptors (Lipinski definition) is 4. The van der Waals surface area contributed by atoms with Gasteiger partial charge in [0.25, 0.3) is 5.91 Å². The Morgan fingerprint density at radius 2 is 1.72 bits per heavy atom. The van der Waals surface area contributed by atoms with Gasteiger partial charge in [-0.3, -0.25) is 9.59 Å². The molecular formula is C26H28F3N3O3S. The third-order valence-electron chi connectivity index (χ3n) is 5.39. The van der Waals surface area contributed by atoms with Crippen LogP contribution in [0.5, 0.6) is 0 Å². The van der Waals surface area contributed by atoms with E-state index in [1.165, 1.54) is 12.1 Å². The zero-order chi connectivity index (χ0) is 26.9. The normalized spacial score (nSPS) is 14.3. The van der Waals surface area contributed by atoms with Gasteiger partial charge >= 0.3 is 12.1 Å². The van der Waals surface area contributed by atoms with Crippen molar-refractivity contribution in [1.29, 1.82) is 0 Å². The highest BCUT2D eigenvalue weighted by molar-refractivity contribution is 7.85. The summed E-state index contributed by atoms with van der Waals surface area (Å²) >= 11 is 4.09. The molecule has 1 unspecified atom stereocenters. The van der Waals surface area contributed by atoms with E-state index in [4.69, 9.17) is 10.8 Å². The molecule has 10 heteroatoms. The van der Waals surface area contributed by atoms with Crippen molar-refractivity contribution in [2.45, 2.75) is 33.0 Å². The number of halogens is 3. The first-order valence-corrected chi connectivity index (χ1v) is 11.5. The van der Waals surface area contributed by atoms with Crippen LogP contribution in [0.2, 0.25) is 0 Å². The number of benzene rings is 2. The highest BCUT2D eigenvalue weighted by Crippen LogP contribution is 2.33. The summed E-state index contributed by atoms with van der Waals surface area (Å²) in [4.78, 5) is 26.9. The van der Waals surface area contributed by atoms with Gasteiger partial charge in [-0.1, -0.05) is 61.5 Å². The highest BCUT2D eigenvalue weighted by Gasteiger charge is 2.32. The second kappa shape index (κ2) is 13.1. The minimum absolute atomic E-state index is 0.104. The van der Waals surface area contributed by atoms with Gasteiger partial charge in [0.2, 0.25) is 0 Å². The lowest BCUT2D eigenvalue weighted by molar-refractivity contribution is -0.141. The SMILES string of the molecule is C/C(=C(\C=C(/S)C(=O)N=C(N)c1ccc(CNCCC(C)C(=O)O)cc1)c1ccccc1)C(F)(F)F. The Morgan fingerprint density at radius 1 is 1.11 bits per heavy atom. The lowest BCUT2D eigenvalue weighted by atomic mass is 9.99. The van der Waals surface area contributed by atoms with Crippen molar-refractivity contribution in [3.05, 3.63) is 87.8 Å². The van der Waals surface area contributed by atoms with Gasteiger partial charge in [0.05, 0.1) is 10.8 Å². The van der Waals surface area contributed by atoms with Crippen molar-refractivity contribution in [2.24, 2.45) is 16.6 Å². The van der Waals surface area contributed by atoms with Crippen molar-refractivity contribution in [3.8, 4) is 0 Å². The molecule has 1 atom stereocenters. The van der Waals surface area contributed by atoms with Crippen molar-refractivity contribution in [3.63, 3.8) is 0 Å². The Morgan fingerprint density at radius 3 is 2.28 bits per heavy atom. The highest BCUT2D eigenvalue weighted by atomic mass is 32.1. The Labute approximate surface area is 213 Å². The summed E-state index contributed by atoms with van der Waals surface area (Å²) < 4.78 is 40.2. The number of nitrogens with two attached hydrogens (primary N) is 1. The molecule has 36 heavy (non-hydrogen) atoms.